The Bertz CT molecular complexity index is 460. The SMILES string of the molecule is COc1cc(Br)c(CN2CCCC(CN)C2)cc1OC.Cl. The summed E-state index contributed by atoms with van der Waals surface area (Å²) >= 11 is 3.62. The Morgan fingerprint density at radius 1 is 1.29 bits per heavy atom. The third-order valence-electron chi connectivity index (χ3n) is 3.88. The zero-order valence-corrected chi connectivity index (χ0v) is 15.0. The van der Waals surface area contributed by atoms with Crippen LogP contribution in [0.5, 0.6) is 11.5 Å². The van der Waals surface area contributed by atoms with Crippen LogP contribution in [0.3, 0.4) is 0 Å². The second-order valence-electron chi connectivity index (χ2n) is 5.28. The second kappa shape index (κ2) is 8.83. The summed E-state index contributed by atoms with van der Waals surface area (Å²) in [7, 11) is 3.32. The van der Waals surface area contributed by atoms with Gasteiger partial charge in [-0.2, -0.15) is 0 Å². The molecule has 0 aromatic heterocycles. The molecule has 1 aromatic rings. The highest BCUT2D eigenvalue weighted by Gasteiger charge is 2.20. The van der Waals surface area contributed by atoms with E-state index in [2.05, 4.69) is 26.9 Å². The Hall–Kier alpha value is -0.490. The number of likely N-dealkylation sites (tertiary alicyclic amines) is 1. The quantitative estimate of drug-likeness (QED) is 0.854. The molecule has 0 aliphatic carbocycles. The Kier molecular flexibility index (Phi) is 7.81. The van der Waals surface area contributed by atoms with E-state index in [1.165, 1.54) is 18.4 Å². The molecule has 2 N–H and O–H groups in total. The minimum atomic E-state index is 0. The van der Waals surface area contributed by atoms with Crippen molar-refractivity contribution in [3.8, 4) is 11.5 Å². The van der Waals surface area contributed by atoms with Gasteiger partial charge in [-0.25, -0.2) is 0 Å². The molecule has 2 rings (SSSR count). The number of ether oxygens (including phenoxy) is 2. The van der Waals surface area contributed by atoms with E-state index < -0.39 is 0 Å². The maximum Gasteiger partial charge on any atom is 0.161 e. The van der Waals surface area contributed by atoms with Crippen LogP contribution in [0.4, 0.5) is 0 Å². The maximum absolute atomic E-state index is 5.80. The zero-order valence-electron chi connectivity index (χ0n) is 12.6. The van der Waals surface area contributed by atoms with Crippen molar-refractivity contribution in [3.63, 3.8) is 0 Å². The van der Waals surface area contributed by atoms with Gasteiger partial charge in [0.05, 0.1) is 14.2 Å². The lowest BCUT2D eigenvalue weighted by molar-refractivity contribution is 0.170. The van der Waals surface area contributed by atoms with Crippen LogP contribution in [0, 0.1) is 5.92 Å². The molecule has 1 fully saturated rings. The first-order valence-electron chi connectivity index (χ1n) is 7.00. The number of methoxy groups -OCH3 is 2. The van der Waals surface area contributed by atoms with Gasteiger partial charge in [0, 0.05) is 17.6 Å². The number of benzene rings is 1. The first-order chi connectivity index (χ1) is 9.67. The van der Waals surface area contributed by atoms with E-state index in [9.17, 15) is 0 Å². The van der Waals surface area contributed by atoms with E-state index >= 15 is 0 Å². The van der Waals surface area contributed by atoms with Crippen LogP contribution in [0.15, 0.2) is 16.6 Å². The van der Waals surface area contributed by atoms with Crippen LogP contribution in [0.25, 0.3) is 0 Å². The van der Waals surface area contributed by atoms with Crippen molar-refractivity contribution in [1.29, 1.82) is 0 Å². The Morgan fingerprint density at radius 3 is 2.57 bits per heavy atom. The van der Waals surface area contributed by atoms with Gasteiger partial charge in [-0.3, -0.25) is 4.90 Å². The van der Waals surface area contributed by atoms with Gasteiger partial charge < -0.3 is 15.2 Å². The lowest BCUT2D eigenvalue weighted by Crippen LogP contribution is -2.37. The Labute approximate surface area is 141 Å². The molecule has 0 saturated carbocycles. The molecule has 0 bridgehead atoms. The largest absolute Gasteiger partial charge is 0.493 e. The predicted octanol–water partition coefficient (Wildman–Crippen LogP) is 3.06. The molecule has 1 atom stereocenters. The molecule has 0 radical (unpaired) electrons. The van der Waals surface area contributed by atoms with Crippen molar-refractivity contribution < 1.29 is 9.47 Å². The van der Waals surface area contributed by atoms with Crippen molar-refractivity contribution >= 4 is 28.3 Å². The van der Waals surface area contributed by atoms with Gasteiger partial charge in [-0.05, 0) is 49.5 Å². The fraction of sp³-hybridized carbons (Fsp3) is 0.600. The summed E-state index contributed by atoms with van der Waals surface area (Å²) in [6.45, 7) is 3.91. The summed E-state index contributed by atoms with van der Waals surface area (Å²) < 4.78 is 11.8. The minimum Gasteiger partial charge on any atom is -0.493 e. The molecule has 1 heterocycles. The van der Waals surface area contributed by atoms with E-state index in [-0.39, 0.29) is 12.4 Å². The zero-order chi connectivity index (χ0) is 14.5. The van der Waals surface area contributed by atoms with E-state index in [4.69, 9.17) is 15.2 Å². The summed E-state index contributed by atoms with van der Waals surface area (Å²) in [5.41, 5.74) is 7.02. The second-order valence-corrected chi connectivity index (χ2v) is 6.13. The molecule has 0 amide bonds. The topological polar surface area (TPSA) is 47.7 Å². The van der Waals surface area contributed by atoms with Gasteiger partial charge in [-0.1, -0.05) is 15.9 Å². The fourth-order valence-corrected chi connectivity index (χ4v) is 3.19. The number of piperidine rings is 1. The summed E-state index contributed by atoms with van der Waals surface area (Å²) in [6.07, 6.45) is 2.48. The van der Waals surface area contributed by atoms with Crippen LogP contribution in [0.2, 0.25) is 0 Å². The molecule has 6 heteroatoms. The van der Waals surface area contributed by atoms with E-state index in [0.717, 1.165) is 42.2 Å². The molecule has 21 heavy (non-hydrogen) atoms. The van der Waals surface area contributed by atoms with Crippen molar-refractivity contribution in [1.82, 2.24) is 4.90 Å². The summed E-state index contributed by atoms with van der Waals surface area (Å²) in [4.78, 5) is 2.47. The average Bonchev–Trinajstić information content (AvgIpc) is 2.49. The molecule has 4 nitrogen and oxygen atoms in total. The molecule has 120 valence electrons. The van der Waals surface area contributed by atoms with Crippen molar-refractivity contribution in [2.45, 2.75) is 19.4 Å². The van der Waals surface area contributed by atoms with Crippen LogP contribution in [0.1, 0.15) is 18.4 Å². The maximum atomic E-state index is 5.80. The summed E-state index contributed by atoms with van der Waals surface area (Å²) in [5, 5.41) is 0. The Morgan fingerprint density at radius 2 is 1.95 bits per heavy atom. The molecular weight excluding hydrogens is 356 g/mol. The van der Waals surface area contributed by atoms with Gasteiger partial charge >= 0.3 is 0 Å². The molecule has 1 aliphatic rings. The summed E-state index contributed by atoms with van der Waals surface area (Å²) in [5.74, 6) is 2.15. The first-order valence-corrected chi connectivity index (χ1v) is 7.80. The number of nitrogens with zero attached hydrogens (tertiary/aromatic N) is 1. The van der Waals surface area contributed by atoms with Crippen LogP contribution in [-0.2, 0) is 6.54 Å². The monoisotopic (exact) mass is 378 g/mol. The highest BCUT2D eigenvalue weighted by Crippen LogP contribution is 2.34. The van der Waals surface area contributed by atoms with Gasteiger partial charge in [0.25, 0.3) is 0 Å². The third-order valence-corrected chi connectivity index (χ3v) is 4.62. The molecule has 0 spiro atoms. The van der Waals surface area contributed by atoms with Crippen LogP contribution in [-0.4, -0.2) is 38.8 Å². The van der Waals surface area contributed by atoms with Crippen LogP contribution < -0.4 is 15.2 Å². The van der Waals surface area contributed by atoms with Gasteiger partial charge in [0.15, 0.2) is 11.5 Å². The number of rotatable bonds is 5. The minimum absolute atomic E-state index is 0. The lowest BCUT2D eigenvalue weighted by atomic mass is 9.98. The average molecular weight is 380 g/mol. The van der Waals surface area contributed by atoms with E-state index in [1.54, 1.807) is 14.2 Å². The van der Waals surface area contributed by atoms with Gasteiger partial charge in [0.2, 0.25) is 0 Å². The molecule has 1 aromatic carbocycles. The van der Waals surface area contributed by atoms with Crippen LogP contribution >= 0.6 is 28.3 Å². The standard InChI is InChI=1S/C15H23BrN2O2.ClH/c1-19-14-6-12(13(16)7-15(14)20-2)10-18-5-3-4-11(8-17)9-18;/h6-7,11H,3-5,8-10,17H2,1-2H3;1H. The highest BCUT2D eigenvalue weighted by atomic mass is 79.9. The number of hydrogen-bond acceptors (Lipinski definition) is 4. The highest BCUT2D eigenvalue weighted by molar-refractivity contribution is 9.10. The van der Waals surface area contributed by atoms with E-state index in [0.29, 0.717) is 5.92 Å². The van der Waals surface area contributed by atoms with Crippen molar-refractivity contribution in [2.24, 2.45) is 11.7 Å². The number of nitrogens with two attached hydrogens (primary N) is 1. The fourth-order valence-electron chi connectivity index (χ4n) is 2.75. The lowest BCUT2D eigenvalue weighted by Gasteiger charge is -2.32. The predicted molar refractivity (Wildman–Crippen MR) is 91.5 cm³/mol. The van der Waals surface area contributed by atoms with Gasteiger partial charge in [0.1, 0.15) is 0 Å². The normalized spacial score (nSPS) is 19.0. The Balaban J connectivity index is 0.00000220. The number of hydrogen-bond donors (Lipinski definition) is 1. The smallest absolute Gasteiger partial charge is 0.161 e. The van der Waals surface area contributed by atoms with Gasteiger partial charge in [-0.15, -0.1) is 12.4 Å². The molecular formula is C15H24BrClN2O2. The molecule has 1 saturated heterocycles. The third kappa shape index (κ3) is 4.74. The van der Waals surface area contributed by atoms with E-state index in [1.807, 2.05) is 6.07 Å². The molecule has 1 aliphatic heterocycles. The molecule has 1 unspecified atom stereocenters. The first kappa shape index (κ1) is 18.6. The van der Waals surface area contributed by atoms with Crippen molar-refractivity contribution in [2.75, 3.05) is 33.9 Å². The number of halogens is 2. The summed E-state index contributed by atoms with van der Waals surface area (Å²) in [6, 6.07) is 4.02. The van der Waals surface area contributed by atoms with Crippen molar-refractivity contribution in [3.05, 3.63) is 22.2 Å².